The van der Waals surface area contributed by atoms with Gasteiger partial charge in [0.1, 0.15) is 0 Å². The summed E-state index contributed by atoms with van der Waals surface area (Å²) in [6.45, 7) is 0. The van der Waals surface area contributed by atoms with Gasteiger partial charge in [-0.2, -0.15) is 0 Å². The Morgan fingerprint density at radius 2 is 2.09 bits per heavy atom. The molecule has 58 valence electrons. The maximum atomic E-state index is 12.6. The Labute approximate surface area is 81.7 Å². The topological polar surface area (TPSA) is 0 Å². The van der Waals surface area contributed by atoms with Crippen LogP contribution in [0.15, 0.2) is 18.2 Å². The molecule has 0 bridgehead atoms. The minimum atomic E-state index is -0.349. The van der Waals surface area contributed by atoms with Crippen LogP contribution < -0.4 is 0 Å². The summed E-state index contributed by atoms with van der Waals surface area (Å²) in [5.41, 5.74) is 0.494. The van der Waals surface area contributed by atoms with Gasteiger partial charge in [0, 0.05) is 0 Å². The van der Waals surface area contributed by atoms with E-state index in [2.05, 4.69) is 15.6 Å². The van der Waals surface area contributed by atoms with Gasteiger partial charge in [0.05, 0.1) is 0 Å². The first kappa shape index (κ1) is 9.21. The fourth-order valence-electron chi connectivity index (χ4n) is 0.648. The average Bonchev–Trinajstić information content (AvgIpc) is 1.94. The van der Waals surface area contributed by atoms with Crippen LogP contribution >= 0.6 is 23.2 Å². The van der Waals surface area contributed by atoms with E-state index in [1.54, 1.807) is 0 Å². The summed E-state index contributed by atoms with van der Waals surface area (Å²) >= 11 is 13.8. The number of halogens is 3. The van der Waals surface area contributed by atoms with E-state index in [0.717, 1.165) is 0 Å². The van der Waals surface area contributed by atoms with Crippen molar-refractivity contribution in [3.05, 3.63) is 34.6 Å². The number of benzene rings is 1. The monoisotopic (exact) mass is 256 g/mol. The van der Waals surface area contributed by atoms with Crippen LogP contribution in [-0.4, -0.2) is 19.5 Å². The zero-order valence-corrected chi connectivity index (χ0v) is 8.50. The van der Waals surface area contributed by atoms with Crippen molar-refractivity contribution < 1.29 is 4.39 Å². The van der Waals surface area contributed by atoms with E-state index in [4.69, 9.17) is 23.2 Å². The molecule has 0 fully saturated rings. The molecule has 0 heterocycles. The third-order valence-electron chi connectivity index (χ3n) is 1.14. The Balaban J connectivity index is 3.23. The Bertz CT molecular complexity index is 298. The molecule has 0 aliphatic carbocycles. The van der Waals surface area contributed by atoms with E-state index < -0.39 is 0 Å². The van der Waals surface area contributed by atoms with Gasteiger partial charge in [0.2, 0.25) is 0 Å². The van der Waals surface area contributed by atoms with Gasteiger partial charge in [-0.3, -0.25) is 0 Å². The van der Waals surface area contributed by atoms with Gasteiger partial charge in [0.15, 0.2) is 0 Å². The van der Waals surface area contributed by atoms with E-state index in [1.807, 2.05) is 0 Å². The molecule has 0 aromatic heterocycles. The van der Waals surface area contributed by atoms with Crippen LogP contribution in [0.25, 0.3) is 0 Å². The average molecular weight is 256 g/mol. The first-order valence-corrected chi connectivity index (χ1v) is 4.37. The summed E-state index contributed by atoms with van der Waals surface area (Å²) in [4.78, 5) is 0. The Hall–Kier alpha value is 0.119. The minimum absolute atomic E-state index is 0.349. The molecule has 0 aliphatic heterocycles. The summed E-state index contributed by atoms with van der Waals surface area (Å²) in [5, 5.41) is 0.440. The van der Waals surface area contributed by atoms with Crippen molar-refractivity contribution in [3.63, 3.8) is 0 Å². The van der Waals surface area contributed by atoms with Gasteiger partial charge in [0.25, 0.3) is 0 Å². The summed E-state index contributed by atoms with van der Waals surface area (Å²) in [7, 11) is 0. The van der Waals surface area contributed by atoms with Crippen LogP contribution in [0.5, 0.6) is 0 Å². The molecule has 0 atom stereocenters. The molecule has 0 saturated heterocycles. The van der Waals surface area contributed by atoms with Crippen LogP contribution in [0.1, 0.15) is 5.56 Å². The molecule has 0 unspecified atom stereocenters. The molecule has 0 saturated carbocycles. The summed E-state index contributed by atoms with van der Waals surface area (Å²) in [5.74, 6) is -0.349. The van der Waals surface area contributed by atoms with E-state index in [-0.39, 0.29) is 5.82 Å². The molecule has 1 aromatic carbocycles. The van der Waals surface area contributed by atoms with Gasteiger partial charge in [-0.25, -0.2) is 0 Å². The van der Waals surface area contributed by atoms with Crippen LogP contribution in [-0.2, 0) is 0 Å². The summed E-state index contributed by atoms with van der Waals surface area (Å²) in [6.07, 6.45) is 0. The zero-order valence-electron chi connectivity index (χ0n) is 5.27. The van der Waals surface area contributed by atoms with Crippen molar-refractivity contribution in [1.29, 1.82) is 0 Å². The fourth-order valence-corrected chi connectivity index (χ4v) is 1.55. The standard InChI is InChI=1S/C7H3Cl2FSe/c8-6-2-1-4(10)3-5(6)7(9)11/h1-3H. The van der Waals surface area contributed by atoms with Crippen molar-refractivity contribution in [2.75, 3.05) is 0 Å². The normalized spacial score (nSPS) is 9.73. The first-order valence-electron chi connectivity index (χ1n) is 2.76. The number of hydrogen-bond donors (Lipinski definition) is 0. The van der Waals surface area contributed by atoms with Gasteiger partial charge >= 0.3 is 81.6 Å². The molecule has 11 heavy (non-hydrogen) atoms. The molecule has 0 aliphatic rings. The molecule has 1 aromatic rings. The van der Waals surface area contributed by atoms with E-state index in [9.17, 15) is 4.39 Å². The summed E-state index contributed by atoms with van der Waals surface area (Å²) < 4.78 is 12.9. The fraction of sp³-hybridized carbons (Fsp3) is 0. The van der Waals surface area contributed by atoms with Crippen LogP contribution in [0.4, 0.5) is 4.39 Å². The molecule has 0 radical (unpaired) electrons. The van der Waals surface area contributed by atoms with Crippen LogP contribution in [0.2, 0.25) is 5.02 Å². The van der Waals surface area contributed by atoms with Crippen molar-refractivity contribution in [1.82, 2.24) is 0 Å². The van der Waals surface area contributed by atoms with Gasteiger partial charge in [-0.1, -0.05) is 0 Å². The van der Waals surface area contributed by atoms with Crippen molar-refractivity contribution in [2.24, 2.45) is 0 Å². The molecule has 0 nitrogen and oxygen atoms in total. The van der Waals surface area contributed by atoms with Crippen molar-refractivity contribution in [2.45, 2.75) is 0 Å². The van der Waals surface area contributed by atoms with Gasteiger partial charge < -0.3 is 0 Å². The third kappa shape index (κ3) is 2.28. The molecular weight excluding hydrogens is 253 g/mol. The Morgan fingerprint density at radius 1 is 1.45 bits per heavy atom. The van der Waals surface area contributed by atoms with E-state index in [1.165, 1.54) is 18.2 Å². The molecule has 0 N–H and O–H groups in total. The van der Waals surface area contributed by atoms with Gasteiger partial charge in [-0.15, -0.1) is 0 Å². The second kappa shape index (κ2) is 3.68. The molecule has 0 amide bonds. The van der Waals surface area contributed by atoms with Crippen LogP contribution in [0.3, 0.4) is 0 Å². The molecule has 0 spiro atoms. The molecule has 1 rings (SSSR count). The first-order chi connectivity index (χ1) is 5.11. The maximum absolute atomic E-state index is 12.6. The van der Waals surface area contributed by atoms with Crippen molar-refractivity contribution >= 4 is 42.7 Å². The van der Waals surface area contributed by atoms with Crippen LogP contribution in [0, 0.1) is 5.82 Å². The van der Waals surface area contributed by atoms with Gasteiger partial charge in [-0.05, 0) is 0 Å². The Morgan fingerprint density at radius 3 is 2.55 bits per heavy atom. The second-order valence-corrected chi connectivity index (χ2v) is 4.05. The quantitative estimate of drug-likeness (QED) is 0.676. The van der Waals surface area contributed by atoms with E-state index >= 15 is 0 Å². The molecule has 4 heteroatoms. The third-order valence-corrected chi connectivity index (χ3v) is 2.13. The Kier molecular flexibility index (Phi) is 3.08. The molecular formula is C7H3Cl2FSe. The SMILES string of the molecule is Fc1ccc(Cl)c(C(Cl)=[Se])c1. The zero-order chi connectivity index (χ0) is 8.43. The second-order valence-electron chi connectivity index (χ2n) is 1.90. The van der Waals surface area contributed by atoms with Crippen molar-refractivity contribution in [3.8, 4) is 0 Å². The predicted octanol–water partition coefficient (Wildman–Crippen LogP) is 2.36. The summed E-state index contributed by atoms with van der Waals surface area (Å²) in [6, 6.07) is 4.03. The number of hydrogen-bond acceptors (Lipinski definition) is 0. The predicted molar refractivity (Wildman–Crippen MR) is 47.1 cm³/mol. The van der Waals surface area contributed by atoms with E-state index in [0.29, 0.717) is 14.5 Å². The number of rotatable bonds is 1.